The average Bonchev–Trinajstić information content (AvgIpc) is 2.86. The van der Waals surface area contributed by atoms with Crippen LogP contribution in [0.2, 0.25) is 0 Å². The van der Waals surface area contributed by atoms with E-state index in [9.17, 15) is 28.7 Å². The van der Waals surface area contributed by atoms with E-state index in [1.807, 2.05) is 18.2 Å². The molecule has 0 aliphatic heterocycles. The zero-order chi connectivity index (χ0) is 24.7. The highest BCUT2D eigenvalue weighted by Crippen LogP contribution is 2.46. The van der Waals surface area contributed by atoms with Crippen LogP contribution in [-0.2, 0) is 10.0 Å². The predicted molar refractivity (Wildman–Crippen MR) is 134 cm³/mol. The van der Waals surface area contributed by atoms with E-state index in [1.165, 1.54) is 12.1 Å². The molecule has 174 valence electrons. The van der Waals surface area contributed by atoms with Gasteiger partial charge < -0.3 is 10.2 Å². The first-order chi connectivity index (χ1) is 16.8. The van der Waals surface area contributed by atoms with Crippen LogP contribution in [0, 0.1) is 10.1 Å². The van der Waals surface area contributed by atoms with Gasteiger partial charge in [0.25, 0.3) is 15.7 Å². The number of anilines is 1. The first kappa shape index (κ1) is 22.2. The van der Waals surface area contributed by atoms with E-state index in [4.69, 9.17) is 0 Å². The Balaban J connectivity index is 1.71. The van der Waals surface area contributed by atoms with E-state index < -0.39 is 14.9 Å². The molecule has 0 aliphatic carbocycles. The van der Waals surface area contributed by atoms with Crippen molar-refractivity contribution in [3.63, 3.8) is 0 Å². The minimum absolute atomic E-state index is 0.0709. The third kappa shape index (κ3) is 3.87. The molecule has 0 saturated carbocycles. The molecule has 0 aromatic heterocycles. The fraction of sp³-hybridized carbons (Fsp3) is 0. The molecule has 0 atom stereocenters. The highest BCUT2D eigenvalue weighted by atomic mass is 32.2. The number of aromatic hydroxyl groups is 2. The normalized spacial score (nSPS) is 11.5. The van der Waals surface area contributed by atoms with Crippen molar-refractivity contribution in [2.75, 3.05) is 4.72 Å². The molecule has 0 saturated heterocycles. The zero-order valence-electron chi connectivity index (χ0n) is 18.0. The van der Waals surface area contributed by atoms with Crippen LogP contribution < -0.4 is 4.72 Å². The Morgan fingerprint density at radius 2 is 1.40 bits per heavy atom. The summed E-state index contributed by atoms with van der Waals surface area (Å²) < 4.78 is 28.8. The second-order valence-corrected chi connectivity index (χ2v) is 9.59. The minimum Gasteiger partial charge on any atom is -0.507 e. The summed E-state index contributed by atoms with van der Waals surface area (Å²) in [6, 6.07) is 23.4. The Kier molecular flexibility index (Phi) is 5.26. The number of sulfonamides is 1. The highest BCUT2D eigenvalue weighted by Gasteiger charge is 2.22. The lowest BCUT2D eigenvalue weighted by atomic mass is 9.93. The van der Waals surface area contributed by atoms with Gasteiger partial charge in [0.05, 0.1) is 15.5 Å². The first-order valence-corrected chi connectivity index (χ1v) is 12.0. The van der Waals surface area contributed by atoms with E-state index in [0.717, 1.165) is 29.7 Å². The summed E-state index contributed by atoms with van der Waals surface area (Å²) in [5.74, 6) is -0.177. The van der Waals surface area contributed by atoms with E-state index >= 15 is 0 Å². The Hall–Kier alpha value is -4.63. The molecule has 8 nitrogen and oxygen atoms in total. The summed E-state index contributed by atoms with van der Waals surface area (Å²) in [6.45, 7) is 0. The molecule has 3 N–H and O–H groups in total. The van der Waals surface area contributed by atoms with Gasteiger partial charge in [-0.2, -0.15) is 0 Å². The van der Waals surface area contributed by atoms with Gasteiger partial charge in [0.15, 0.2) is 0 Å². The molecule has 0 fully saturated rings. The second kappa shape index (κ2) is 8.30. The van der Waals surface area contributed by atoms with Crippen molar-refractivity contribution in [3.05, 3.63) is 101 Å². The molecule has 0 amide bonds. The number of nitro groups is 1. The maximum Gasteiger partial charge on any atom is 0.269 e. The van der Waals surface area contributed by atoms with Gasteiger partial charge >= 0.3 is 0 Å². The number of non-ortho nitro benzene ring substituents is 1. The van der Waals surface area contributed by atoms with Crippen molar-refractivity contribution in [3.8, 4) is 22.6 Å². The number of hydrogen-bond acceptors (Lipinski definition) is 6. The lowest BCUT2D eigenvalue weighted by molar-refractivity contribution is -0.384. The molecular formula is C26H18N2O6S. The van der Waals surface area contributed by atoms with Gasteiger partial charge in [-0.15, -0.1) is 0 Å². The topological polar surface area (TPSA) is 130 Å². The molecule has 5 rings (SSSR count). The Bertz CT molecular complexity index is 1730. The quantitative estimate of drug-likeness (QED) is 0.164. The molecular weight excluding hydrogens is 468 g/mol. The van der Waals surface area contributed by atoms with Crippen molar-refractivity contribution in [1.29, 1.82) is 0 Å². The number of nitro benzene ring substituents is 1. The van der Waals surface area contributed by atoms with E-state index in [1.54, 1.807) is 36.4 Å². The number of nitrogens with one attached hydrogen (secondary N) is 1. The Labute approximate surface area is 199 Å². The number of benzene rings is 5. The molecule has 0 unspecified atom stereocenters. The molecule has 0 heterocycles. The van der Waals surface area contributed by atoms with Crippen molar-refractivity contribution in [1.82, 2.24) is 0 Å². The number of nitrogens with zero attached hydrogens (tertiary/aromatic N) is 1. The summed E-state index contributed by atoms with van der Waals surface area (Å²) in [4.78, 5) is 10.2. The monoisotopic (exact) mass is 486 g/mol. The molecule has 5 aromatic carbocycles. The molecule has 9 heteroatoms. The molecule has 0 aliphatic rings. The van der Waals surface area contributed by atoms with Gasteiger partial charge in [-0.05, 0) is 35.0 Å². The van der Waals surface area contributed by atoms with Crippen LogP contribution in [0.15, 0.2) is 95.9 Å². The fourth-order valence-corrected chi connectivity index (χ4v) is 5.20. The lowest BCUT2D eigenvalue weighted by Gasteiger charge is -2.17. The highest BCUT2D eigenvalue weighted by molar-refractivity contribution is 7.92. The second-order valence-electron chi connectivity index (χ2n) is 7.90. The third-order valence-electron chi connectivity index (χ3n) is 5.79. The Morgan fingerprint density at radius 1 is 0.771 bits per heavy atom. The van der Waals surface area contributed by atoms with Crippen molar-refractivity contribution in [2.45, 2.75) is 4.90 Å². The van der Waals surface area contributed by atoms with Crippen molar-refractivity contribution >= 4 is 42.9 Å². The Morgan fingerprint density at radius 3 is 2.09 bits per heavy atom. The molecule has 0 bridgehead atoms. The van der Waals surface area contributed by atoms with Gasteiger partial charge in [-0.25, -0.2) is 8.42 Å². The lowest BCUT2D eigenvalue weighted by Crippen LogP contribution is -2.13. The SMILES string of the molecule is O=[N+]([O-])c1ccc(S(=O)(=O)Nc2cc(-c3c(O)ccc4ccccc34)c(O)c3ccccc23)cc1. The van der Waals surface area contributed by atoms with Crippen molar-refractivity contribution < 1.29 is 23.6 Å². The molecule has 5 aromatic rings. The molecule has 0 spiro atoms. The number of phenols is 2. The number of phenolic OH excluding ortho intramolecular Hbond substituents is 2. The van der Waals surface area contributed by atoms with Crippen LogP contribution in [-0.4, -0.2) is 23.6 Å². The van der Waals surface area contributed by atoms with E-state index in [-0.39, 0.29) is 33.3 Å². The summed E-state index contributed by atoms with van der Waals surface area (Å²) in [5, 5.41) is 35.2. The third-order valence-corrected chi connectivity index (χ3v) is 7.18. The minimum atomic E-state index is -4.13. The maximum atomic E-state index is 13.1. The van der Waals surface area contributed by atoms with Crippen LogP contribution in [0.4, 0.5) is 11.4 Å². The number of rotatable bonds is 5. The largest absolute Gasteiger partial charge is 0.507 e. The first-order valence-electron chi connectivity index (χ1n) is 10.5. The van der Waals surface area contributed by atoms with Crippen LogP contribution in [0.5, 0.6) is 11.5 Å². The van der Waals surface area contributed by atoms with Gasteiger partial charge in [0, 0.05) is 34.0 Å². The van der Waals surface area contributed by atoms with Crippen LogP contribution in [0.1, 0.15) is 0 Å². The predicted octanol–water partition coefficient (Wildman–Crippen LogP) is 5.78. The standard InChI is InChI=1S/C26H18N2O6S/c29-24-14-9-16-5-1-2-6-19(16)25(24)22-15-23(20-7-3-4-8-21(20)26(22)30)27-35(33,34)18-12-10-17(11-13-18)28(31)32/h1-15,27,29-30H. The maximum absolute atomic E-state index is 13.1. The summed E-state index contributed by atoms with van der Waals surface area (Å²) >= 11 is 0. The van der Waals surface area contributed by atoms with Crippen LogP contribution in [0.3, 0.4) is 0 Å². The summed E-state index contributed by atoms with van der Waals surface area (Å²) in [7, 11) is -4.13. The van der Waals surface area contributed by atoms with Gasteiger partial charge in [0.1, 0.15) is 11.5 Å². The average molecular weight is 487 g/mol. The van der Waals surface area contributed by atoms with E-state index in [0.29, 0.717) is 21.7 Å². The van der Waals surface area contributed by atoms with Crippen molar-refractivity contribution in [2.24, 2.45) is 0 Å². The summed E-state index contributed by atoms with van der Waals surface area (Å²) in [6.07, 6.45) is 0. The van der Waals surface area contributed by atoms with Gasteiger partial charge in [0.2, 0.25) is 0 Å². The fourth-order valence-electron chi connectivity index (χ4n) is 4.13. The number of hydrogen-bond donors (Lipinski definition) is 3. The smallest absolute Gasteiger partial charge is 0.269 e. The van der Waals surface area contributed by atoms with Gasteiger partial charge in [-0.1, -0.05) is 54.6 Å². The molecule has 35 heavy (non-hydrogen) atoms. The van der Waals surface area contributed by atoms with E-state index in [2.05, 4.69) is 4.72 Å². The van der Waals surface area contributed by atoms with Crippen LogP contribution >= 0.6 is 0 Å². The van der Waals surface area contributed by atoms with Crippen LogP contribution in [0.25, 0.3) is 32.7 Å². The zero-order valence-corrected chi connectivity index (χ0v) is 18.9. The van der Waals surface area contributed by atoms with Gasteiger partial charge in [-0.3, -0.25) is 14.8 Å². The molecule has 0 radical (unpaired) electrons. The number of fused-ring (bicyclic) bond motifs is 2. The summed E-state index contributed by atoms with van der Waals surface area (Å²) in [5.41, 5.74) is 0.563.